The highest BCUT2D eigenvalue weighted by atomic mass is 35.5. The van der Waals surface area contributed by atoms with Crippen molar-refractivity contribution in [1.82, 2.24) is 0 Å². The number of rotatable bonds is 5. The first-order chi connectivity index (χ1) is 25.4. The summed E-state index contributed by atoms with van der Waals surface area (Å²) >= 11 is 6.31. The van der Waals surface area contributed by atoms with Crippen molar-refractivity contribution in [1.29, 1.82) is 0 Å². The summed E-state index contributed by atoms with van der Waals surface area (Å²) < 4.78 is 6.39. The van der Waals surface area contributed by atoms with Gasteiger partial charge in [-0.25, -0.2) is 4.90 Å². The van der Waals surface area contributed by atoms with E-state index in [-0.39, 0.29) is 5.78 Å². The van der Waals surface area contributed by atoms with E-state index in [1.807, 2.05) is 104 Å². The minimum absolute atomic E-state index is 0.133. The first kappa shape index (κ1) is 30.8. The van der Waals surface area contributed by atoms with Gasteiger partial charge in [-0.1, -0.05) is 133 Å². The summed E-state index contributed by atoms with van der Waals surface area (Å²) in [6, 6.07) is 47.9. The van der Waals surface area contributed by atoms with Gasteiger partial charge in [-0.15, -0.1) is 0 Å². The number of carbonyl (C=O) groups excluding carboxylic acids is 3. The minimum atomic E-state index is -1.45. The molecule has 250 valence electrons. The molecule has 7 aromatic rings. The van der Waals surface area contributed by atoms with Crippen LogP contribution in [0.2, 0.25) is 5.02 Å². The maximum atomic E-state index is 16.1. The standard InChI is InChI=1S/C46H30ClNO4/c1-27-26-30(24-25-35(27)47)52-37-23-13-12-22-36(37)48-42(49)40-41(43(48)50)46(29-16-6-3-7-17-29)39-34-21-11-9-19-32(34)31-18-8-10-20-33(31)38(39)45(40,44(46)51)28-14-4-2-5-15-28/h2-26,40-41H,1H3/t40-,41+,45+,46-. The molecule has 6 heteroatoms. The number of Topliss-reactive ketones (excluding diaryl/α,β-unsaturated/α-hetero) is 1. The molecule has 1 saturated carbocycles. The van der Waals surface area contributed by atoms with Crippen LogP contribution in [0.5, 0.6) is 11.5 Å². The molecule has 1 heterocycles. The first-order valence-corrected chi connectivity index (χ1v) is 17.8. The van der Waals surface area contributed by atoms with Crippen LogP contribution in [0.3, 0.4) is 0 Å². The molecule has 0 N–H and O–H groups in total. The lowest BCUT2D eigenvalue weighted by molar-refractivity contribution is -0.130. The van der Waals surface area contributed by atoms with Crippen LogP contribution in [0.25, 0.3) is 21.5 Å². The van der Waals surface area contributed by atoms with Crippen LogP contribution in [0.15, 0.2) is 152 Å². The largest absolute Gasteiger partial charge is 0.455 e. The third-order valence-electron chi connectivity index (χ3n) is 11.6. The summed E-state index contributed by atoms with van der Waals surface area (Å²) in [7, 11) is 0. The highest BCUT2D eigenvalue weighted by Gasteiger charge is 2.82. The highest BCUT2D eigenvalue weighted by Crippen LogP contribution is 2.72. The molecule has 7 aromatic carbocycles. The van der Waals surface area contributed by atoms with Crippen LogP contribution >= 0.6 is 11.6 Å². The third kappa shape index (κ3) is 3.71. The van der Waals surface area contributed by atoms with Crippen LogP contribution in [0.1, 0.15) is 27.8 Å². The number of anilines is 1. The normalized spacial score (nSPS) is 23.0. The van der Waals surface area contributed by atoms with Gasteiger partial charge in [-0.05, 0) is 86.6 Å². The van der Waals surface area contributed by atoms with Gasteiger partial charge >= 0.3 is 0 Å². The van der Waals surface area contributed by atoms with E-state index in [1.54, 1.807) is 30.3 Å². The van der Waals surface area contributed by atoms with Crippen LogP contribution in [0.4, 0.5) is 5.69 Å². The van der Waals surface area contributed by atoms with Crippen molar-refractivity contribution in [2.45, 2.75) is 17.8 Å². The van der Waals surface area contributed by atoms with Crippen LogP contribution < -0.4 is 9.64 Å². The number of amides is 2. The number of ketones is 1. The second-order valence-corrected chi connectivity index (χ2v) is 14.4. The molecular weight excluding hydrogens is 666 g/mol. The Morgan fingerprint density at radius 2 is 1.02 bits per heavy atom. The smallest absolute Gasteiger partial charge is 0.239 e. The van der Waals surface area contributed by atoms with Gasteiger partial charge in [0.1, 0.15) is 5.75 Å². The predicted molar refractivity (Wildman–Crippen MR) is 203 cm³/mol. The Kier molecular flexibility index (Phi) is 6.49. The fourth-order valence-electron chi connectivity index (χ4n) is 9.72. The van der Waals surface area contributed by atoms with Gasteiger partial charge in [0.05, 0.1) is 28.4 Å². The molecule has 2 fully saturated rings. The number of ether oxygens (including phenoxy) is 1. The SMILES string of the molecule is Cc1cc(Oc2ccccc2N2C(=O)[C@@H]3[C@H](C2=O)[C@@]2(c4ccccc4)C(=O)[C@]3(c3ccccc3)c3c2c2ccccc2c2ccccc32)ccc1Cl. The van der Waals surface area contributed by atoms with E-state index in [1.165, 1.54) is 4.90 Å². The van der Waals surface area contributed by atoms with Crippen molar-refractivity contribution >= 4 is 56.4 Å². The van der Waals surface area contributed by atoms with Crippen molar-refractivity contribution in [3.8, 4) is 11.5 Å². The average molecular weight is 696 g/mol. The van der Waals surface area contributed by atoms with Crippen molar-refractivity contribution in [2.24, 2.45) is 11.8 Å². The second kappa shape index (κ2) is 11.0. The van der Waals surface area contributed by atoms with Gasteiger partial charge < -0.3 is 4.74 Å². The summed E-state index contributed by atoms with van der Waals surface area (Å²) in [5.41, 5.74) is 1.29. The Morgan fingerprint density at radius 1 is 0.558 bits per heavy atom. The molecule has 2 aliphatic carbocycles. The molecule has 1 aliphatic heterocycles. The predicted octanol–water partition coefficient (Wildman–Crippen LogP) is 9.72. The summed E-state index contributed by atoms with van der Waals surface area (Å²) in [5.74, 6) is -2.13. The lowest BCUT2D eigenvalue weighted by Gasteiger charge is -2.38. The topological polar surface area (TPSA) is 63.7 Å². The fraction of sp³-hybridized carbons (Fsp3) is 0.109. The van der Waals surface area contributed by atoms with Gasteiger partial charge in [0.2, 0.25) is 11.8 Å². The Balaban J connectivity index is 1.30. The van der Waals surface area contributed by atoms with Crippen molar-refractivity contribution in [2.75, 3.05) is 4.90 Å². The van der Waals surface area contributed by atoms with Crippen LogP contribution in [0, 0.1) is 18.8 Å². The molecule has 2 bridgehead atoms. The Hall–Kier alpha value is -6.04. The molecule has 0 unspecified atom stereocenters. The van der Waals surface area contributed by atoms with E-state index >= 15 is 14.4 Å². The molecule has 0 radical (unpaired) electrons. The van der Waals surface area contributed by atoms with E-state index < -0.39 is 34.5 Å². The zero-order valence-corrected chi connectivity index (χ0v) is 28.8. The molecule has 0 spiro atoms. The molecular formula is C46H30ClNO4. The molecule has 4 atom stereocenters. The van der Waals surface area contributed by atoms with Crippen LogP contribution in [-0.4, -0.2) is 17.6 Å². The lowest BCUT2D eigenvalue weighted by Crippen LogP contribution is -2.45. The van der Waals surface area contributed by atoms with Crippen molar-refractivity contribution in [3.05, 3.63) is 184 Å². The number of fused-ring (bicyclic) bond motifs is 13. The number of halogens is 1. The number of imide groups is 1. The van der Waals surface area contributed by atoms with Gasteiger partial charge in [0.15, 0.2) is 11.5 Å². The second-order valence-electron chi connectivity index (χ2n) is 14.0. The van der Waals surface area contributed by atoms with E-state index in [0.29, 0.717) is 33.3 Å². The summed E-state index contributed by atoms with van der Waals surface area (Å²) in [6.45, 7) is 1.89. The maximum Gasteiger partial charge on any atom is 0.239 e. The Morgan fingerprint density at radius 3 is 1.54 bits per heavy atom. The number of benzene rings is 7. The van der Waals surface area contributed by atoms with Crippen LogP contribution in [-0.2, 0) is 25.2 Å². The number of hydrogen-bond donors (Lipinski definition) is 0. The van der Waals surface area contributed by atoms with E-state index in [0.717, 1.165) is 38.2 Å². The third-order valence-corrected chi connectivity index (χ3v) is 12.0. The number of aryl methyl sites for hydroxylation is 1. The molecule has 2 amide bonds. The van der Waals surface area contributed by atoms with E-state index in [4.69, 9.17) is 16.3 Å². The summed E-state index contributed by atoms with van der Waals surface area (Å²) in [6.07, 6.45) is 0. The quantitative estimate of drug-likeness (QED) is 0.133. The highest BCUT2D eigenvalue weighted by molar-refractivity contribution is 6.34. The number of carbonyl (C=O) groups is 3. The zero-order chi connectivity index (χ0) is 35.4. The van der Waals surface area contributed by atoms with Crippen molar-refractivity contribution in [3.63, 3.8) is 0 Å². The minimum Gasteiger partial charge on any atom is -0.455 e. The van der Waals surface area contributed by atoms with Crippen molar-refractivity contribution < 1.29 is 19.1 Å². The van der Waals surface area contributed by atoms with Gasteiger partial charge in [-0.2, -0.15) is 0 Å². The molecule has 10 rings (SSSR count). The van der Waals surface area contributed by atoms with E-state index in [2.05, 4.69) is 24.3 Å². The number of hydrogen-bond acceptors (Lipinski definition) is 4. The molecule has 3 aliphatic rings. The lowest BCUT2D eigenvalue weighted by atomic mass is 9.59. The average Bonchev–Trinajstić information content (AvgIpc) is 3.70. The fourth-order valence-corrected chi connectivity index (χ4v) is 9.84. The maximum absolute atomic E-state index is 16.1. The monoisotopic (exact) mass is 695 g/mol. The first-order valence-electron chi connectivity index (χ1n) is 17.4. The zero-order valence-electron chi connectivity index (χ0n) is 28.0. The molecule has 5 nitrogen and oxygen atoms in total. The number of nitrogens with zero attached hydrogens (tertiary/aromatic N) is 1. The number of para-hydroxylation sites is 2. The Bertz CT molecular complexity index is 2540. The summed E-state index contributed by atoms with van der Waals surface area (Å²) in [5, 5.41) is 4.42. The van der Waals surface area contributed by atoms with Gasteiger partial charge in [0.25, 0.3) is 0 Å². The van der Waals surface area contributed by atoms with E-state index in [9.17, 15) is 0 Å². The molecule has 0 aromatic heterocycles. The Labute approximate surface area is 305 Å². The molecule has 52 heavy (non-hydrogen) atoms. The summed E-state index contributed by atoms with van der Waals surface area (Å²) in [4.78, 5) is 48.4. The molecule has 1 saturated heterocycles. The van der Waals surface area contributed by atoms with Gasteiger partial charge in [0, 0.05) is 5.02 Å². The van der Waals surface area contributed by atoms with Gasteiger partial charge in [-0.3, -0.25) is 14.4 Å².